The van der Waals surface area contributed by atoms with Crippen molar-refractivity contribution in [2.75, 3.05) is 6.61 Å². The third kappa shape index (κ3) is 4.49. The molecule has 1 atom stereocenters. The predicted molar refractivity (Wildman–Crippen MR) is 73.5 cm³/mol. The molecule has 100 valence electrons. The minimum absolute atomic E-state index is 0.198. The van der Waals surface area contributed by atoms with E-state index in [9.17, 15) is 4.79 Å². The molecule has 1 aromatic carbocycles. The molecular weight excluding hydrogens is 226 g/mol. The quantitative estimate of drug-likeness (QED) is 0.788. The van der Waals surface area contributed by atoms with Crippen molar-refractivity contribution in [2.45, 2.75) is 46.2 Å². The highest BCUT2D eigenvalue weighted by atomic mass is 16.5. The van der Waals surface area contributed by atoms with Gasteiger partial charge in [0.05, 0.1) is 6.61 Å². The zero-order chi connectivity index (χ0) is 13.5. The fraction of sp³-hybridized carbons (Fsp3) is 0.533. The molecule has 0 aromatic heterocycles. The Hall–Kier alpha value is -1.35. The number of ether oxygens (including phenoxy) is 1. The molecule has 0 fully saturated rings. The summed E-state index contributed by atoms with van der Waals surface area (Å²) in [7, 11) is 0. The largest absolute Gasteiger partial charge is 0.465 e. The first-order valence-corrected chi connectivity index (χ1v) is 6.53. The van der Waals surface area contributed by atoms with Gasteiger partial charge in [-0.3, -0.25) is 4.79 Å². The van der Waals surface area contributed by atoms with Gasteiger partial charge in [-0.05, 0) is 30.9 Å². The van der Waals surface area contributed by atoms with E-state index in [0.29, 0.717) is 19.1 Å². The SMILES string of the molecule is CCOC(=O)C(C)NCc1ccc(C(C)C)cc1. The number of benzene rings is 1. The Morgan fingerprint density at radius 3 is 2.33 bits per heavy atom. The van der Waals surface area contributed by atoms with Crippen molar-refractivity contribution in [3.63, 3.8) is 0 Å². The third-order valence-corrected chi connectivity index (χ3v) is 2.90. The smallest absolute Gasteiger partial charge is 0.322 e. The molecule has 0 aliphatic carbocycles. The molecule has 0 bridgehead atoms. The van der Waals surface area contributed by atoms with Gasteiger partial charge in [0, 0.05) is 6.54 Å². The number of rotatable bonds is 6. The van der Waals surface area contributed by atoms with Crippen LogP contribution in [0.4, 0.5) is 0 Å². The second-order valence-corrected chi connectivity index (χ2v) is 4.75. The van der Waals surface area contributed by atoms with Crippen molar-refractivity contribution < 1.29 is 9.53 Å². The molecular formula is C15H23NO2. The number of esters is 1. The first-order valence-electron chi connectivity index (χ1n) is 6.53. The van der Waals surface area contributed by atoms with E-state index in [0.717, 1.165) is 0 Å². The normalized spacial score (nSPS) is 12.5. The van der Waals surface area contributed by atoms with E-state index in [1.165, 1.54) is 11.1 Å². The lowest BCUT2D eigenvalue weighted by Gasteiger charge is -2.13. The van der Waals surface area contributed by atoms with Crippen LogP contribution in [0.15, 0.2) is 24.3 Å². The maximum atomic E-state index is 11.4. The summed E-state index contributed by atoms with van der Waals surface area (Å²) in [4.78, 5) is 11.4. The number of carbonyl (C=O) groups is 1. The Morgan fingerprint density at radius 1 is 1.22 bits per heavy atom. The molecule has 0 amide bonds. The lowest BCUT2D eigenvalue weighted by molar-refractivity contribution is -0.145. The molecule has 0 spiro atoms. The van der Waals surface area contributed by atoms with E-state index in [1.54, 1.807) is 0 Å². The summed E-state index contributed by atoms with van der Waals surface area (Å²) >= 11 is 0. The van der Waals surface area contributed by atoms with Crippen molar-refractivity contribution in [3.05, 3.63) is 35.4 Å². The van der Waals surface area contributed by atoms with E-state index in [1.807, 2.05) is 13.8 Å². The van der Waals surface area contributed by atoms with Gasteiger partial charge in [-0.15, -0.1) is 0 Å². The van der Waals surface area contributed by atoms with Crippen molar-refractivity contribution in [1.82, 2.24) is 5.32 Å². The highest BCUT2D eigenvalue weighted by Gasteiger charge is 2.12. The minimum atomic E-state index is -0.269. The van der Waals surface area contributed by atoms with Gasteiger partial charge in [0.1, 0.15) is 6.04 Å². The van der Waals surface area contributed by atoms with Crippen LogP contribution in [0.3, 0.4) is 0 Å². The molecule has 0 radical (unpaired) electrons. The molecule has 18 heavy (non-hydrogen) atoms. The first-order chi connectivity index (χ1) is 8.54. The van der Waals surface area contributed by atoms with Crippen LogP contribution in [0.2, 0.25) is 0 Å². The Bertz CT molecular complexity index is 371. The van der Waals surface area contributed by atoms with Crippen molar-refractivity contribution in [3.8, 4) is 0 Å². The minimum Gasteiger partial charge on any atom is -0.465 e. The molecule has 0 heterocycles. The maximum absolute atomic E-state index is 11.4. The Kier molecular flexibility index (Phi) is 5.86. The van der Waals surface area contributed by atoms with Gasteiger partial charge in [0.25, 0.3) is 0 Å². The first kappa shape index (κ1) is 14.7. The fourth-order valence-corrected chi connectivity index (χ4v) is 1.64. The maximum Gasteiger partial charge on any atom is 0.322 e. The molecule has 0 saturated heterocycles. The molecule has 0 aliphatic rings. The zero-order valence-electron chi connectivity index (χ0n) is 11.7. The lowest BCUT2D eigenvalue weighted by Crippen LogP contribution is -2.34. The monoisotopic (exact) mass is 249 g/mol. The third-order valence-electron chi connectivity index (χ3n) is 2.90. The molecule has 3 nitrogen and oxygen atoms in total. The Balaban J connectivity index is 2.46. The van der Waals surface area contributed by atoms with Crippen LogP contribution in [-0.4, -0.2) is 18.6 Å². The van der Waals surface area contributed by atoms with E-state index in [2.05, 4.69) is 43.4 Å². The van der Waals surface area contributed by atoms with Gasteiger partial charge in [0.15, 0.2) is 0 Å². The van der Waals surface area contributed by atoms with Gasteiger partial charge < -0.3 is 10.1 Å². The van der Waals surface area contributed by atoms with Crippen molar-refractivity contribution in [1.29, 1.82) is 0 Å². The summed E-state index contributed by atoms with van der Waals surface area (Å²) < 4.78 is 4.94. The van der Waals surface area contributed by atoms with Crippen molar-refractivity contribution >= 4 is 5.97 Å². The van der Waals surface area contributed by atoms with E-state index in [-0.39, 0.29) is 12.0 Å². The topological polar surface area (TPSA) is 38.3 Å². The average molecular weight is 249 g/mol. The van der Waals surface area contributed by atoms with Crippen LogP contribution in [0.5, 0.6) is 0 Å². The summed E-state index contributed by atoms with van der Waals surface area (Å²) in [5.74, 6) is 0.349. The van der Waals surface area contributed by atoms with Gasteiger partial charge in [0.2, 0.25) is 0 Å². The van der Waals surface area contributed by atoms with Gasteiger partial charge in [-0.2, -0.15) is 0 Å². The predicted octanol–water partition coefficient (Wildman–Crippen LogP) is 2.85. The zero-order valence-corrected chi connectivity index (χ0v) is 11.7. The van der Waals surface area contributed by atoms with Crippen LogP contribution in [-0.2, 0) is 16.1 Å². The number of hydrogen-bond acceptors (Lipinski definition) is 3. The number of hydrogen-bond donors (Lipinski definition) is 1. The second kappa shape index (κ2) is 7.17. The molecule has 3 heteroatoms. The van der Waals surface area contributed by atoms with E-state index in [4.69, 9.17) is 4.74 Å². The highest BCUT2D eigenvalue weighted by molar-refractivity contribution is 5.75. The van der Waals surface area contributed by atoms with E-state index >= 15 is 0 Å². The molecule has 1 N–H and O–H groups in total. The summed E-state index contributed by atoms with van der Waals surface area (Å²) in [5, 5.41) is 3.16. The highest BCUT2D eigenvalue weighted by Crippen LogP contribution is 2.14. The van der Waals surface area contributed by atoms with Crippen LogP contribution in [0.25, 0.3) is 0 Å². The molecule has 1 aromatic rings. The van der Waals surface area contributed by atoms with Gasteiger partial charge in [-0.25, -0.2) is 0 Å². The van der Waals surface area contributed by atoms with Crippen molar-refractivity contribution in [2.24, 2.45) is 0 Å². The summed E-state index contributed by atoms with van der Waals surface area (Å²) in [6.45, 7) is 9.09. The number of carbonyl (C=O) groups excluding carboxylic acids is 1. The molecule has 0 aliphatic heterocycles. The molecule has 0 saturated carbocycles. The lowest BCUT2D eigenvalue weighted by atomic mass is 10.0. The van der Waals surface area contributed by atoms with Gasteiger partial charge >= 0.3 is 5.97 Å². The van der Waals surface area contributed by atoms with E-state index < -0.39 is 0 Å². The van der Waals surface area contributed by atoms with Gasteiger partial charge in [-0.1, -0.05) is 38.1 Å². The van der Waals surface area contributed by atoms with Crippen LogP contribution >= 0.6 is 0 Å². The summed E-state index contributed by atoms with van der Waals surface area (Å²) in [5.41, 5.74) is 2.51. The number of nitrogens with one attached hydrogen (secondary N) is 1. The summed E-state index contributed by atoms with van der Waals surface area (Å²) in [6.07, 6.45) is 0. The Morgan fingerprint density at radius 2 is 1.83 bits per heavy atom. The standard InChI is InChI=1S/C15H23NO2/c1-5-18-15(17)12(4)16-10-13-6-8-14(9-7-13)11(2)3/h6-9,11-12,16H,5,10H2,1-4H3. The van der Waals surface area contributed by atoms with Crippen LogP contribution in [0, 0.1) is 0 Å². The fourth-order valence-electron chi connectivity index (χ4n) is 1.64. The molecule has 1 rings (SSSR count). The Labute approximate surface area is 110 Å². The average Bonchev–Trinajstić information content (AvgIpc) is 2.36. The summed E-state index contributed by atoms with van der Waals surface area (Å²) in [6, 6.07) is 8.20. The molecule has 1 unspecified atom stereocenters. The van der Waals surface area contributed by atoms with Crippen LogP contribution in [0.1, 0.15) is 44.7 Å². The second-order valence-electron chi connectivity index (χ2n) is 4.75. The van der Waals surface area contributed by atoms with Crippen LogP contribution < -0.4 is 5.32 Å².